The molecule has 40 heavy (non-hydrogen) atoms. The third kappa shape index (κ3) is 3.34. The van der Waals surface area contributed by atoms with E-state index in [-0.39, 0.29) is 5.75 Å². The number of para-hydroxylation sites is 2. The fourth-order valence-corrected chi connectivity index (χ4v) is 5.87. The summed E-state index contributed by atoms with van der Waals surface area (Å²) in [7, 11) is 0. The first-order valence-electron chi connectivity index (χ1n) is 13.3. The van der Waals surface area contributed by atoms with Gasteiger partial charge >= 0.3 is 0 Å². The molecule has 8 rings (SSSR count). The van der Waals surface area contributed by atoms with Crippen molar-refractivity contribution in [3.8, 4) is 39.4 Å². The van der Waals surface area contributed by atoms with Crippen molar-refractivity contribution in [2.75, 3.05) is 0 Å². The molecule has 4 aromatic carbocycles. The average Bonchev–Trinajstić information content (AvgIpc) is 3.61. The maximum Gasteiger partial charge on any atom is 0.146 e. The zero-order valence-corrected chi connectivity index (χ0v) is 21.8. The van der Waals surface area contributed by atoms with E-state index in [1.54, 1.807) is 6.07 Å². The third-order valence-corrected chi connectivity index (χ3v) is 7.84. The first-order chi connectivity index (χ1) is 19.7. The van der Waals surface area contributed by atoms with Crippen LogP contribution in [0, 0.1) is 6.92 Å². The predicted molar refractivity (Wildman–Crippen MR) is 162 cm³/mol. The summed E-state index contributed by atoms with van der Waals surface area (Å²) in [5.74, 6) is 0.238. The summed E-state index contributed by atoms with van der Waals surface area (Å²) in [6.45, 7) is 2.13. The van der Waals surface area contributed by atoms with E-state index >= 15 is 0 Å². The smallest absolute Gasteiger partial charge is 0.146 e. The summed E-state index contributed by atoms with van der Waals surface area (Å²) in [5.41, 5.74) is 10.7. The fourth-order valence-electron chi connectivity index (χ4n) is 5.87. The van der Waals surface area contributed by atoms with Crippen LogP contribution in [0.25, 0.3) is 66.7 Å². The van der Waals surface area contributed by atoms with Crippen LogP contribution in [-0.2, 0) is 0 Å². The molecule has 4 heterocycles. The molecule has 1 N–H and O–H groups in total. The van der Waals surface area contributed by atoms with Gasteiger partial charge in [-0.3, -0.25) is 4.40 Å². The molecule has 5 nitrogen and oxygen atoms in total. The van der Waals surface area contributed by atoms with Crippen LogP contribution >= 0.6 is 0 Å². The van der Waals surface area contributed by atoms with Crippen LogP contribution < -0.4 is 0 Å². The Balaban J connectivity index is 1.31. The number of phenols is 1. The Labute approximate surface area is 230 Å². The zero-order valence-electron chi connectivity index (χ0n) is 21.8. The van der Waals surface area contributed by atoms with E-state index in [0.717, 1.165) is 72.3 Å². The van der Waals surface area contributed by atoms with Gasteiger partial charge in [-0.05, 0) is 65.4 Å². The van der Waals surface area contributed by atoms with Gasteiger partial charge < -0.3 is 9.51 Å². The molecule has 0 fully saturated rings. The number of aryl methyl sites for hydroxylation is 1. The van der Waals surface area contributed by atoms with Gasteiger partial charge in [0.15, 0.2) is 0 Å². The lowest BCUT2D eigenvalue weighted by molar-refractivity contribution is 0.477. The monoisotopic (exact) mass is 516 g/mol. The molecule has 0 atom stereocenters. The minimum absolute atomic E-state index is 0.238. The number of hydrogen-bond donors (Lipinski definition) is 1. The Morgan fingerprint density at radius 1 is 0.675 bits per heavy atom. The molecule has 0 radical (unpaired) electrons. The van der Waals surface area contributed by atoms with Crippen molar-refractivity contribution in [2.45, 2.75) is 6.92 Å². The van der Waals surface area contributed by atoms with Crippen LogP contribution in [0.2, 0.25) is 0 Å². The number of fused-ring (bicyclic) bond motifs is 6. The lowest BCUT2D eigenvalue weighted by atomic mass is 9.95. The van der Waals surface area contributed by atoms with E-state index in [1.165, 1.54) is 0 Å². The minimum Gasteiger partial charge on any atom is -0.507 e. The van der Waals surface area contributed by atoms with E-state index < -0.39 is 0 Å². The predicted octanol–water partition coefficient (Wildman–Crippen LogP) is 8.30. The van der Waals surface area contributed by atoms with Gasteiger partial charge in [-0.25, -0.2) is 9.97 Å². The number of hydrogen-bond acceptors (Lipinski definition) is 3. The summed E-state index contributed by atoms with van der Waals surface area (Å²) < 4.78 is 4.22. The largest absolute Gasteiger partial charge is 0.507 e. The first kappa shape index (κ1) is 22.6. The number of benzene rings is 4. The normalized spacial score (nSPS) is 11.7. The number of rotatable bonds is 3. The highest BCUT2D eigenvalue weighted by atomic mass is 16.3. The second kappa shape index (κ2) is 8.55. The Morgan fingerprint density at radius 2 is 1.40 bits per heavy atom. The van der Waals surface area contributed by atoms with Crippen LogP contribution in [-0.4, -0.2) is 23.9 Å². The maximum absolute atomic E-state index is 11.2. The van der Waals surface area contributed by atoms with Crippen LogP contribution in [0.1, 0.15) is 5.56 Å². The molecule has 0 bridgehead atoms. The molecule has 8 aromatic rings. The maximum atomic E-state index is 11.2. The first-order valence-corrected chi connectivity index (χ1v) is 13.3. The van der Waals surface area contributed by atoms with Gasteiger partial charge in [0, 0.05) is 28.9 Å². The Bertz CT molecular complexity index is 2210. The van der Waals surface area contributed by atoms with Crippen molar-refractivity contribution in [1.82, 2.24) is 18.8 Å². The van der Waals surface area contributed by atoms with Gasteiger partial charge in [0.1, 0.15) is 17.0 Å². The SMILES string of the molecule is Cc1c(-c2cc(-c3ccc(-c4cn5ccccc5n4)cc3)ccc2O)n2c3ccccc3nc2c2ccccc12. The van der Waals surface area contributed by atoms with Crippen molar-refractivity contribution >= 4 is 33.1 Å². The second-order valence-corrected chi connectivity index (χ2v) is 10.2. The van der Waals surface area contributed by atoms with Gasteiger partial charge in [0.25, 0.3) is 0 Å². The zero-order chi connectivity index (χ0) is 26.8. The van der Waals surface area contributed by atoms with E-state index in [2.05, 4.69) is 72.0 Å². The molecular weight excluding hydrogens is 492 g/mol. The molecule has 4 aromatic heterocycles. The molecular formula is C35H24N4O. The summed E-state index contributed by atoms with van der Waals surface area (Å²) in [6, 6.07) is 36.8. The fraction of sp³-hybridized carbons (Fsp3) is 0.0286. The summed E-state index contributed by atoms with van der Waals surface area (Å²) in [6.07, 6.45) is 4.06. The minimum atomic E-state index is 0.238. The van der Waals surface area contributed by atoms with Gasteiger partial charge in [-0.15, -0.1) is 0 Å². The summed E-state index contributed by atoms with van der Waals surface area (Å²) in [4.78, 5) is 9.76. The molecule has 0 amide bonds. The average molecular weight is 517 g/mol. The van der Waals surface area contributed by atoms with Gasteiger partial charge in [0.05, 0.1) is 22.4 Å². The lowest BCUT2D eigenvalue weighted by Gasteiger charge is -2.16. The van der Waals surface area contributed by atoms with Gasteiger partial charge in [-0.1, -0.05) is 72.8 Å². The Morgan fingerprint density at radius 3 is 2.25 bits per heavy atom. The quantitative estimate of drug-likeness (QED) is 0.257. The van der Waals surface area contributed by atoms with E-state index in [4.69, 9.17) is 9.97 Å². The van der Waals surface area contributed by atoms with Crippen molar-refractivity contribution in [2.24, 2.45) is 0 Å². The highest BCUT2D eigenvalue weighted by Gasteiger charge is 2.20. The molecule has 0 saturated carbocycles. The third-order valence-electron chi connectivity index (χ3n) is 7.84. The van der Waals surface area contributed by atoms with E-state index in [9.17, 15) is 5.11 Å². The molecule has 5 heteroatoms. The highest BCUT2D eigenvalue weighted by Crippen LogP contribution is 2.40. The topological polar surface area (TPSA) is 54.8 Å². The van der Waals surface area contributed by atoms with E-state index in [1.807, 2.05) is 59.3 Å². The van der Waals surface area contributed by atoms with Crippen molar-refractivity contribution in [3.05, 3.63) is 127 Å². The second-order valence-electron chi connectivity index (χ2n) is 10.2. The summed E-state index contributed by atoms with van der Waals surface area (Å²) >= 11 is 0. The standard InChI is InChI=1S/C35H24N4O/c1-22-26-8-2-3-9-27(26)35-37-29-10-4-5-11-31(29)39(35)34(22)28-20-25(17-18-32(28)40)23-13-15-24(16-14-23)30-21-38-19-7-6-12-33(38)36-30/h2-21,40H,1H3. The number of aromatic hydroxyl groups is 1. The Hall–Kier alpha value is -5.42. The van der Waals surface area contributed by atoms with Crippen molar-refractivity contribution in [1.29, 1.82) is 0 Å². The molecule has 190 valence electrons. The van der Waals surface area contributed by atoms with Crippen LogP contribution in [0.15, 0.2) is 122 Å². The summed E-state index contributed by atoms with van der Waals surface area (Å²) in [5, 5.41) is 13.4. The lowest BCUT2D eigenvalue weighted by Crippen LogP contribution is -1.99. The number of phenolic OH excluding ortho intramolecular Hbond substituents is 1. The van der Waals surface area contributed by atoms with Gasteiger partial charge in [-0.2, -0.15) is 0 Å². The van der Waals surface area contributed by atoms with Crippen LogP contribution in [0.4, 0.5) is 0 Å². The molecule has 0 aliphatic rings. The van der Waals surface area contributed by atoms with E-state index in [0.29, 0.717) is 0 Å². The number of nitrogens with zero attached hydrogens (tertiary/aromatic N) is 4. The molecule has 0 aliphatic heterocycles. The number of aromatic nitrogens is 4. The van der Waals surface area contributed by atoms with Crippen molar-refractivity contribution in [3.63, 3.8) is 0 Å². The van der Waals surface area contributed by atoms with Crippen LogP contribution in [0.3, 0.4) is 0 Å². The van der Waals surface area contributed by atoms with Crippen molar-refractivity contribution < 1.29 is 5.11 Å². The molecule has 0 saturated heterocycles. The molecule has 0 unspecified atom stereocenters. The Kier molecular flexibility index (Phi) is 4.82. The molecule has 0 spiro atoms. The highest BCUT2D eigenvalue weighted by molar-refractivity contribution is 6.04. The van der Waals surface area contributed by atoms with Gasteiger partial charge in [0.2, 0.25) is 0 Å². The molecule has 0 aliphatic carbocycles. The van der Waals surface area contributed by atoms with Crippen LogP contribution in [0.5, 0.6) is 5.75 Å². The number of imidazole rings is 2. The number of pyridine rings is 2.